The van der Waals surface area contributed by atoms with E-state index >= 15 is 0 Å². The van der Waals surface area contributed by atoms with Crippen molar-refractivity contribution in [2.24, 2.45) is 0 Å². The van der Waals surface area contributed by atoms with Crippen LogP contribution in [0, 0.1) is 6.92 Å². The number of aryl methyl sites for hydroxylation is 1. The van der Waals surface area contributed by atoms with Crippen molar-refractivity contribution in [2.75, 3.05) is 19.7 Å². The summed E-state index contributed by atoms with van der Waals surface area (Å²) in [4.78, 5) is 43.5. The number of ether oxygens (including phenoxy) is 1. The molecule has 0 aliphatic carbocycles. The van der Waals surface area contributed by atoms with Crippen LogP contribution in [0.3, 0.4) is 0 Å². The molecular formula is C24H22N4O4S. The van der Waals surface area contributed by atoms with Crippen molar-refractivity contribution in [3.63, 3.8) is 0 Å². The van der Waals surface area contributed by atoms with Crippen molar-refractivity contribution in [1.29, 1.82) is 0 Å². The van der Waals surface area contributed by atoms with Crippen LogP contribution in [0.2, 0.25) is 0 Å². The quantitative estimate of drug-likeness (QED) is 0.345. The molecule has 3 aromatic heterocycles. The van der Waals surface area contributed by atoms with Crippen molar-refractivity contribution in [1.82, 2.24) is 19.7 Å². The number of likely N-dealkylation sites (tertiary alicyclic amines) is 1. The van der Waals surface area contributed by atoms with Gasteiger partial charge in [-0.15, -0.1) is 11.3 Å². The van der Waals surface area contributed by atoms with Crippen molar-refractivity contribution >= 4 is 39.2 Å². The van der Waals surface area contributed by atoms with Gasteiger partial charge in [-0.25, -0.2) is 9.48 Å². The van der Waals surface area contributed by atoms with Gasteiger partial charge in [-0.3, -0.25) is 9.59 Å². The molecule has 5 rings (SSSR count). The molecule has 8 nitrogen and oxygen atoms in total. The molecule has 0 saturated carbocycles. The van der Waals surface area contributed by atoms with E-state index in [4.69, 9.17) is 4.74 Å². The average molecular weight is 463 g/mol. The Labute approximate surface area is 193 Å². The maximum Gasteiger partial charge on any atom is 0.348 e. The van der Waals surface area contributed by atoms with E-state index in [9.17, 15) is 14.4 Å². The summed E-state index contributed by atoms with van der Waals surface area (Å²) in [5.41, 5.74) is 2.40. The molecule has 0 atom stereocenters. The number of ketones is 1. The van der Waals surface area contributed by atoms with Crippen LogP contribution < -0.4 is 0 Å². The second-order valence-corrected chi connectivity index (χ2v) is 8.99. The first-order valence-corrected chi connectivity index (χ1v) is 11.6. The van der Waals surface area contributed by atoms with E-state index in [-0.39, 0.29) is 11.7 Å². The molecule has 0 radical (unpaired) electrons. The van der Waals surface area contributed by atoms with Gasteiger partial charge in [0.15, 0.2) is 6.61 Å². The highest BCUT2D eigenvalue weighted by molar-refractivity contribution is 7.20. The molecule has 4 aromatic rings. The van der Waals surface area contributed by atoms with Gasteiger partial charge in [0, 0.05) is 30.2 Å². The topological polar surface area (TPSA) is 97.3 Å². The van der Waals surface area contributed by atoms with Crippen LogP contribution in [0.5, 0.6) is 0 Å². The summed E-state index contributed by atoms with van der Waals surface area (Å²) in [6.45, 7) is 2.96. The molecule has 4 heterocycles. The molecule has 1 aliphatic rings. The number of nitrogens with zero attached hydrogens (tertiary/aromatic N) is 3. The predicted molar refractivity (Wildman–Crippen MR) is 124 cm³/mol. The van der Waals surface area contributed by atoms with E-state index < -0.39 is 12.6 Å². The smallest absolute Gasteiger partial charge is 0.348 e. The number of fused-ring (bicyclic) bond motifs is 1. The first-order chi connectivity index (χ1) is 16.0. The summed E-state index contributed by atoms with van der Waals surface area (Å²) in [7, 11) is 0. The number of para-hydroxylation sites is 1. The molecule has 1 amide bonds. The Kier molecular flexibility index (Phi) is 5.55. The van der Waals surface area contributed by atoms with Gasteiger partial charge in [0.2, 0.25) is 5.78 Å². The van der Waals surface area contributed by atoms with Gasteiger partial charge in [0.1, 0.15) is 15.4 Å². The van der Waals surface area contributed by atoms with Crippen LogP contribution in [0.15, 0.2) is 48.7 Å². The van der Waals surface area contributed by atoms with Crippen LogP contribution in [0.1, 0.15) is 49.1 Å². The highest BCUT2D eigenvalue weighted by atomic mass is 32.1. The van der Waals surface area contributed by atoms with E-state index in [0.29, 0.717) is 16.1 Å². The number of H-pyrrole nitrogens is 1. The zero-order valence-electron chi connectivity index (χ0n) is 18.0. The van der Waals surface area contributed by atoms with Crippen LogP contribution in [0.25, 0.3) is 15.9 Å². The highest BCUT2D eigenvalue weighted by Gasteiger charge is 2.23. The van der Waals surface area contributed by atoms with Gasteiger partial charge in [0.25, 0.3) is 5.91 Å². The Hall–Kier alpha value is -3.72. The number of aromatic amines is 1. The standard InChI is InChI=1S/C24H22N4O4S/c1-15-18-12-21(33-23(18)28(26-15)17-7-3-2-4-8-17)24(31)32-14-20(29)16-11-19(25-13-16)22(30)27-9-5-6-10-27/h2-4,7-8,11-13,25H,5-6,9-10,14H2,1H3. The molecule has 1 saturated heterocycles. The van der Waals surface area contributed by atoms with Crippen molar-refractivity contribution in [3.8, 4) is 5.69 Å². The highest BCUT2D eigenvalue weighted by Crippen LogP contribution is 2.30. The summed E-state index contributed by atoms with van der Waals surface area (Å²) in [6, 6.07) is 13.0. The van der Waals surface area contributed by atoms with E-state index in [1.807, 2.05) is 37.3 Å². The SMILES string of the molecule is Cc1nn(-c2ccccc2)c2sc(C(=O)OCC(=O)c3c[nH]c(C(=O)N4CCCC4)c3)cc12. The van der Waals surface area contributed by atoms with Gasteiger partial charge in [-0.05, 0) is 44.0 Å². The lowest BCUT2D eigenvalue weighted by atomic mass is 10.2. The zero-order valence-corrected chi connectivity index (χ0v) is 18.9. The van der Waals surface area contributed by atoms with Crippen molar-refractivity contribution in [3.05, 3.63) is 70.5 Å². The second kappa shape index (κ2) is 8.67. The molecule has 0 unspecified atom stereocenters. The van der Waals surface area contributed by atoms with Crippen LogP contribution in [-0.4, -0.2) is 57.0 Å². The first-order valence-electron chi connectivity index (χ1n) is 10.7. The van der Waals surface area contributed by atoms with E-state index in [1.165, 1.54) is 23.6 Å². The number of hydrogen-bond donors (Lipinski definition) is 1. The number of aromatic nitrogens is 3. The number of rotatable bonds is 6. The van der Waals surface area contributed by atoms with Crippen LogP contribution in [0.4, 0.5) is 0 Å². The minimum atomic E-state index is -0.563. The number of carbonyl (C=O) groups is 3. The number of nitrogens with one attached hydrogen (secondary N) is 1. The lowest BCUT2D eigenvalue weighted by Crippen LogP contribution is -2.27. The molecule has 33 heavy (non-hydrogen) atoms. The Bertz CT molecular complexity index is 1350. The molecule has 1 aromatic carbocycles. The number of carbonyl (C=O) groups excluding carboxylic acids is 3. The maximum absolute atomic E-state index is 12.6. The number of Topliss-reactive ketones (excluding diaryl/α,β-unsaturated/α-hetero) is 1. The average Bonchev–Trinajstić information content (AvgIpc) is 3.63. The Morgan fingerprint density at radius 2 is 1.88 bits per heavy atom. The van der Waals surface area contributed by atoms with Crippen LogP contribution >= 0.6 is 11.3 Å². The van der Waals surface area contributed by atoms with Crippen LogP contribution in [-0.2, 0) is 4.74 Å². The third-order valence-corrected chi connectivity index (χ3v) is 6.80. The monoisotopic (exact) mass is 462 g/mol. The van der Waals surface area contributed by atoms with Gasteiger partial charge < -0.3 is 14.6 Å². The first kappa shape index (κ1) is 21.1. The fraction of sp³-hybridized carbons (Fsp3) is 0.250. The molecule has 1 aliphatic heterocycles. The number of thiophene rings is 1. The number of benzene rings is 1. The number of esters is 1. The third kappa shape index (κ3) is 4.07. The summed E-state index contributed by atoms with van der Waals surface area (Å²) >= 11 is 1.28. The fourth-order valence-corrected chi connectivity index (χ4v) is 5.02. The normalized spacial score (nSPS) is 13.5. The third-order valence-electron chi connectivity index (χ3n) is 5.71. The largest absolute Gasteiger partial charge is 0.453 e. The molecule has 1 fully saturated rings. The summed E-state index contributed by atoms with van der Waals surface area (Å²) in [5, 5.41) is 5.44. The molecule has 1 N–H and O–H groups in total. The summed E-state index contributed by atoms with van der Waals surface area (Å²) in [6.07, 6.45) is 3.47. The fourth-order valence-electron chi connectivity index (χ4n) is 3.95. The minimum Gasteiger partial charge on any atom is -0.453 e. The Balaban J connectivity index is 1.27. The second-order valence-electron chi connectivity index (χ2n) is 7.96. The molecule has 9 heteroatoms. The summed E-state index contributed by atoms with van der Waals surface area (Å²) in [5.74, 6) is -1.04. The molecular weight excluding hydrogens is 440 g/mol. The lowest BCUT2D eigenvalue weighted by Gasteiger charge is -2.13. The Morgan fingerprint density at radius 3 is 2.64 bits per heavy atom. The summed E-state index contributed by atoms with van der Waals surface area (Å²) < 4.78 is 7.08. The van der Waals surface area contributed by atoms with E-state index in [2.05, 4.69) is 10.1 Å². The molecule has 0 bridgehead atoms. The molecule has 168 valence electrons. The van der Waals surface area contributed by atoms with Crippen molar-refractivity contribution in [2.45, 2.75) is 19.8 Å². The zero-order chi connectivity index (χ0) is 22.9. The molecule has 0 spiro atoms. The van der Waals surface area contributed by atoms with E-state index in [0.717, 1.165) is 47.5 Å². The van der Waals surface area contributed by atoms with Gasteiger partial charge in [-0.1, -0.05) is 18.2 Å². The predicted octanol–water partition coefficient (Wildman–Crippen LogP) is 4.00. The lowest BCUT2D eigenvalue weighted by molar-refractivity contribution is 0.0479. The maximum atomic E-state index is 12.6. The van der Waals surface area contributed by atoms with Crippen molar-refractivity contribution < 1.29 is 19.1 Å². The van der Waals surface area contributed by atoms with E-state index in [1.54, 1.807) is 15.6 Å². The Morgan fingerprint density at radius 1 is 1.12 bits per heavy atom. The van der Waals surface area contributed by atoms with Gasteiger partial charge >= 0.3 is 5.97 Å². The number of hydrogen-bond acceptors (Lipinski definition) is 6. The number of amides is 1. The van der Waals surface area contributed by atoms with Gasteiger partial charge in [0.05, 0.1) is 11.4 Å². The van der Waals surface area contributed by atoms with Gasteiger partial charge in [-0.2, -0.15) is 5.10 Å². The minimum absolute atomic E-state index is 0.114.